The predicted octanol–water partition coefficient (Wildman–Crippen LogP) is 4.09. The van der Waals surface area contributed by atoms with Gasteiger partial charge in [-0.3, -0.25) is 9.59 Å². The van der Waals surface area contributed by atoms with Crippen LogP contribution in [0.5, 0.6) is 0 Å². The van der Waals surface area contributed by atoms with E-state index in [0.717, 1.165) is 31.5 Å². The Kier molecular flexibility index (Phi) is 8.37. The normalized spacial score (nSPS) is 14.2. The third kappa shape index (κ3) is 6.74. The molecule has 0 bridgehead atoms. The Morgan fingerprint density at radius 2 is 1.87 bits per heavy atom. The highest BCUT2D eigenvalue weighted by atomic mass is 35.5. The number of esters is 1. The highest BCUT2D eigenvalue weighted by Crippen LogP contribution is 2.24. The predicted molar refractivity (Wildman–Crippen MR) is 121 cm³/mol. The van der Waals surface area contributed by atoms with Crippen LogP contribution >= 0.6 is 23.4 Å². The quantitative estimate of drug-likeness (QED) is 0.474. The highest BCUT2D eigenvalue weighted by Gasteiger charge is 2.20. The summed E-state index contributed by atoms with van der Waals surface area (Å²) < 4.78 is 5.21. The van der Waals surface area contributed by atoms with E-state index in [4.69, 9.17) is 16.3 Å². The lowest BCUT2D eigenvalue weighted by molar-refractivity contribution is -0.127. The van der Waals surface area contributed by atoms with Crippen LogP contribution in [0.2, 0.25) is 5.02 Å². The first-order valence-electron chi connectivity index (χ1n) is 10.2. The lowest BCUT2D eigenvalue weighted by atomic mass is 10.1. The third-order valence-electron chi connectivity index (χ3n) is 4.98. The van der Waals surface area contributed by atoms with Gasteiger partial charge in [-0.25, -0.2) is 4.79 Å². The smallest absolute Gasteiger partial charge is 0.339 e. The average molecular weight is 461 g/mol. The second kappa shape index (κ2) is 11.2. The maximum Gasteiger partial charge on any atom is 0.339 e. The van der Waals surface area contributed by atoms with Gasteiger partial charge in [0, 0.05) is 23.0 Å². The number of hydrogen-bond donors (Lipinski definition) is 1. The minimum atomic E-state index is -0.595. The summed E-state index contributed by atoms with van der Waals surface area (Å²) in [6.45, 7) is 3.03. The monoisotopic (exact) mass is 460 g/mol. The molecule has 1 heterocycles. The van der Waals surface area contributed by atoms with Crippen molar-refractivity contribution in [2.75, 3.05) is 25.4 Å². The van der Waals surface area contributed by atoms with E-state index in [-0.39, 0.29) is 17.7 Å². The van der Waals surface area contributed by atoms with E-state index in [2.05, 4.69) is 5.32 Å². The zero-order valence-electron chi connectivity index (χ0n) is 17.3. The number of thioether (sulfide) groups is 1. The molecule has 0 saturated carbocycles. The highest BCUT2D eigenvalue weighted by molar-refractivity contribution is 8.00. The molecule has 1 atom stereocenters. The lowest BCUT2D eigenvalue weighted by Gasteiger charge is -2.16. The summed E-state index contributed by atoms with van der Waals surface area (Å²) in [6.07, 6.45) is 2.08. The topological polar surface area (TPSA) is 75.7 Å². The minimum Gasteiger partial charge on any atom is -0.452 e. The largest absolute Gasteiger partial charge is 0.452 e. The number of benzene rings is 2. The number of nitrogens with zero attached hydrogens (tertiary/aromatic N) is 1. The van der Waals surface area contributed by atoms with Crippen molar-refractivity contribution in [3.63, 3.8) is 0 Å². The van der Waals surface area contributed by atoms with Crippen molar-refractivity contribution < 1.29 is 19.1 Å². The molecule has 2 amide bonds. The number of carbonyl (C=O) groups is 3. The second-order valence-electron chi connectivity index (χ2n) is 7.29. The number of nitrogens with one attached hydrogen (secondary N) is 1. The van der Waals surface area contributed by atoms with E-state index in [1.807, 2.05) is 24.0 Å². The Balaban J connectivity index is 1.51. The van der Waals surface area contributed by atoms with Crippen molar-refractivity contribution in [3.8, 4) is 0 Å². The summed E-state index contributed by atoms with van der Waals surface area (Å²) in [5.41, 5.74) is 1.20. The fourth-order valence-corrected chi connectivity index (χ4v) is 4.45. The van der Waals surface area contributed by atoms with Crippen LogP contribution in [0.25, 0.3) is 0 Å². The van der Waals surface area contributed by atoms with Gasteiger partial charge in [0.25, 0.3) is 5.91 Å². The van der Waals surface area contributed by atoms with E-state index in [9.17, 15) is 14.4 Å². The molecule has 1 unspecified atom stereocenters. The molecule has 0 aromatic heterocycles. The fourth-order valence-electron chi connectivity index (χ4n) is 3.31. The molecular weight excluding hydrogens is 436 g/mol. The number of likely N-dealkylation sites (tertiary alicyclic amines) is 1. The molecule has 0 radical (unpaired) electrons. The Hall–Kier alpha value is -2.51. The molecule has 8 heteroatoms. The molecule has 6 nitrogen and oxygen atoms in total. The average Bonchev–Trinajstić information content (AvgIpc) is 3.31. The molecule has 3 rings (SSSR count). The number of carbonyl (C=O) groups excluding carboxylic acids is 3. The van der Waals surface area contributed by atoms with Crippen molar-refractivity contribution in [1.29, 1.82) is 0 Å². The molecule has 31 heavy (non-hydrogen) atoms. The van der Waals surface area contributed by atoms with E-state index >= 15 is 0 Å². The Bertz CT molecular complexity index is 947. The number of ether oxygens (including phenoxy) is 1. The van der Waals surface area contributed by atoms with Crippen LogP contribution in [0.3, 0.4) is 0 Å². The van der Waals surface area contributed by atoms with Gasteiger partial charge in [-0.15, -0.1) is 11.8 Å². The van der Waals surface area contributed by atoms with Gasteiger partial charge < -0.3 is 15.0 Å². The first-order valence-corrected chi connectivity index (χ1v) is 11.5. The second-order valence-corrected chi connectivity index (χ2v) is 8.75. The Morgan fingerprint density at radius 1 is 1.13 bits per heavy atom. The van der Waals surface area contributed by atoms with Gasteiger partial charge in [-0.2, -0.15) is 0 Å². The molecule has 1 aliphatic rings. The molecule has 1 saturated heterocycles. The van der Waals surface area contributed by atoms with E-state index in [1.54, 1.807) is 36.4 Å². The van der Waals surface area contributed by atoms with Crippen LogP contribution in [0.15, 0.2) is 53.4 Å². The van der Waals surface area contributed by atoms with Crippen LogP contribution in [-0.2, 0) is 14.3 Å². The minimum absolute atomic E-state index is 0.0695. The molecule has 1 N–H and O–H groups in total. The molecule has 1 fully saturated rings. The molecule has 2 aromatic carbocycles. The summed E-state index contributed by atoms with van der Waals surface area (Å²) in [6, 6.07) is 13.9. The molecule has 0 spiro atoms. The van der Waals surface area contributed by atoms with Crippen LogP contribution in [0.1, 0.15) is 41.7 Å². The number of hydrogen-bond acceptors (Lipinski definition) is 5. The summed E-state index contributed by atoms with van der Waals surface area (Å²) in [4.78, 5) is 39.6. The van der Waals surface area contributed by atoms with E-state index < -0.39 is 18.5 Å². The fraction of sp³-hybridized carbons (Fsp3) is 0.348. The Morgan fingerprint density at radius 3 is 2.61 bits per heavy atom. The van der Waals surface area contributed by atoms with Crippen LogP contribution in [-0.4, -0.2) is 48.1 Å². The SMILES string of the molecule is CC(NC(=O)COC(=O)c1ccccc1SCC(=O)N1CCCC1)c1cccc(Cl)c1. The molecular formula is C23H25ClN2O4S. The van der Waals surface area contributed by atoms with Gasteiger partial charge in [0.05, 0.1) is 17.4 Å². The summed E-state index contributed by atoms with van der Waals surface area (Å²) in [7, 11) is 0. The van der Waals surface area contributed by atoms with Crippen LogP contribution in [0.4, 0.5) is 0 Å². The van der Waals surface area contributed by atoms with Crippen molar-refractivity contribution in [2.24, 2.45) is 0 Å². The molecule has 1 aliphatic heterocycles. The van der Waals surface area contributed by atoms with E-state index in [1.165, 1.54) is 11.8 Å². The van der Waals surface area contributed by atoms with Crippen LogP contribution < -0.4 is 5.32 Å². The van der Waals surface area contributed by atoms with Crippen molar-refractivity contribution >= 4 is 41.1 Å². The summed E-state index contributed by atoms with van der Waals surface area (Å²) in [5.74, 6) is -0.667. The third-order valence-corrected chi connectivity index (χ3v) is 6.27. The molecule has 0 aliphatic carbocycles. The number of amides is 2. The van der Waals surface area contributed by atoms with E-state index in [0.29, 0.717) is 15.5 Å². The lowest BCUT2D eigenvalue weighted by Crippen LogP contribution is -2.31. The summed E-state index contributed by atoms with van der Waals surface area (Å²) >= 11 is 7.29. The maximum absolute atomic E-state index is 12.5. The van der Waals surface area contributed by atoms with Gasteiger partial charge in [-0.1, -0.05) is 35.9 Å². The van der Waals surface area contributed by atoms with Gasteiger partial charge in [0.2, 0.25) is 5.91 Å². The first-order chi connectivity index (χ1) is 14.9. The van der Waals surface area contributed by atoms with Gasteiger partial charge >= 0.3 is 5.97 Å². The standard InChI is InChI=1S/C23H25ClN2O4S/c1-16(17-7-6-8-18(24)13-17)25-21(27)14-30-23(29)19-9-2-3-10-20(19)31-15-22(28)26-11-4-5-12-26/h2-3,6-10,13,16H,4-5,11-12,14-15H2,1H3,(H,25,27). The number of rotatable bonds is 8. The number of halogens is 1. The van der Waals surface area contributed by atoms with Gasteiger partial charge in [0.15, 0.2) is 6.61 Å². The van der Waals surface area contributed by atoms with Gasteiger partial charge in [-0.05, 0) is 49.6 Å². The Labute approximate surface area is 191 Å². The van der Waals surface area contributed by atoms with Crippen molar-refractivity contribution in [3.05, 3.63) is 64.7 Å². The summed E-state index contributed by atoms with van der Waals surface area (Å²) in [5, 5.41) is 3.37. The first kappa shape index (κ1) is 23.2. The molecule has 164 valence electrons. The van der Waals surface area contributed by atoms with Crippen molar-refractivity contribution in [1.82, 2.24) is 10.2 Å². The van der Waals surface area contributed by atoms with Crippen LogP contribution in [0, 0.1) is 0 Å². The van der Waals surface area contributed by atoms with Crippen molar-refractivity contribution in [2.45, 2.75) is 30.7 Å². The zero-order chi connectivity index (χ0) is 22.2. The molecule has 2 aromatic rings. The zero-order valence-corrected chi connectivity index (χ0v) is 18.9. The van der Waals surface area contributed by atoms with Gasteiger partial charge in [0.1, 0.15) is 0 Å². The maximum atomic E-state index is 12.5.